The number of carbonyl (C=O) groups is 2. The summed E-state index contributed by atoms with van der Waals surface area (Å²) in [5.41, 5.74) is 2.48. The smallest absolute Gasteiger partial charge is 0.425 e. The molecule has 1 aromatic carbocycles. The fourth-order valence-electron chi connectivity index (χ4n) is 5.85. The molecular weight excluding hydrogens is 475 g/mol. The Kier molecular flexibility index (Phi) is 7.20. The highest BCUT2D eigenvalue weighted by molar-refractivity contribution is 5.76. The monoisotopic (exact) mass is 511 g/mol. The lowest BCUT2D eigenvalue weighted by Crippen LogP contribution is -2.53. The molecule has 3 heterocycles. The van der Waals surface area contributed by atoms with Crippen LogP contribution in [0.5, 0.6) is 0 Å². The predicted octanol–water partition coefficient (Wildman–Crippen LogP) is 4.81. The zero-order valence-corrected chi connectivity index (χ0v) is 21.2. The van der Waals surface area contributed by atoms with E-state index >= 15 is 0 Å². The Hall–Kier alpha value is -2.49. The fourth-order valence-corrected chi connectivity index (χ4v) is 5.85. The van der Waals surface area contributed by atoms with Crippen LogP contribution in [0.2, 0.25) is 0 Å². The summed E-state index contributed by atoms with van der Waals surface area (Å²) in [7, 11) is 0. The number of amides is 1. The van der Waals surface area contributed by atoms with Crippen molar-refractivity contribution in [1.29, 1.82) is 0 Å². The highest BCUT2D eigenvalue weighted by Gasteiger charge is 2.46. The number of halogens is 3. The molecule has 200 valence electrons. The van der Waals surface area contributed by atoms with Gasteiger partial charge in [0.25, 0.3) is 0 Å². The van der Waals surface area contributed by atoms with Gasteiger partial charge < -0.3 is 19.6 Å². The van der Waals surface area contributed by atoms with Gasteiger partial charge in [0.1, 0.15) is 0 Å². The van der Waals surface area contributed by atoms with E-state index in [-0.39, 0.29) is 5.54 Å². The molecule has 1 N–H and O–H groups in total. The molecule has 3 aliphatic rings. The minimum absolute atomic E-state index is 0.102. The lowest BCUT2D eigenvalue weighted by Gasteiger charge is -2.45. The maximum atomic E-state index is 12.8. The van der Waals surface area contributed by atoms with E-state index in [0.29, 0.717) is 52.0 Å². The molecule has 4 rings (SSSR count). The van der Waals surface area contributed by atoms with Gasteiger partial charge in [-0.15, -0.1) is 0 Å². The molecule has 3 aliphatic heterocycles. The van der Waals surface area contributed by atoms with Crippen LogP contribution in [0.4, 0.5) is 23.7 Å². The normalized spacial score (nSPS) is 25.4. The van der Waals surface area contributed by atoms with Gasteiger partial charge in [0.05, 0.1) is 5.41 Å². The molecule has 2 unspecified atom stereocenters. The topological polar surface area (TPSA) is 73.3 Å². The maximum absolute atomic E-state index is 12.8. The van der Waals surface area contributed by atoms with E-state index in [2.05, 4.69) is 32.7 Å². The summed E-state index contributed by atoms with van der Waals surface area (Å²) in [6, 6.07) is 6.33. The molecule has 7 nitrogen and oxygen atoms in total. The fraction of sp³-hybridized carbons (Fsp3) is 0.692. The van der Waals surface area contributed by atoms with Crippen LogP contribution in [0.25, 0.3) is 0 Å². The average molecular weight is 512 g/mol. The summed E-state index contributed by atoms with van der Waals surface area (Å²) < 4.78 is 43.0. The van der Waals surface area contributed by atoms with Crippen LogP contribution in [0, 0.1) is 12.3 Å². The highest BCUT2D eigenvalue weighted by Crippen LogP contribution is 2.42. The molecule has 36 heavy (non-hydrogen) atoms. The minimum Gasteiger partial charge on any atom is -0.481 e. The van der Waals surface area contributed by atoms with Crippen LogP contribution >= 0.6 is 0 Å². The van der Waals surface area contributed by atoms with E-state index in [4.69, 9.17) is 0 Å². The molecule has 1 amide bonds. The molecular formula is C26H36F3N3O4. The van der Waals surface area contributed by atoms with E-state index in [1.54, 1.807) is 6.92 Å². The highest BCUT2D eigenvalue weighted by atomic mass is 19.4. The molecule has 2 atom stereocenters. The first-order valence-corrected chi connectivity index (χ1v) is 12.7. The average Bonchev–Trinajstić information content (AvgIpc) is 3.39. The Morgan fingerprint density at radius 3 is 2.42 bits per heavy atom. The van der Waals surface area contributed by atoms with Crippen molar-refractivity contribution in [3.8, 4) is 0 Å². The second-order valence-corrected chi connectivity index (χ2v) is 11.0. The molecule has 0 saturated carbocycles. The Bertz CT molecular complexity index is 993. The third-order valence-electron chi connectivity index (χ3n) is 8.36. The summed E-state index contributed by atoms with van der Waals surface area (Å²) in [5, 5.41) is 9.68. The van der Waals surface area contributed by atoms with E-state index in [1.165, 1.54) is 4.90 Å². The number of rotatable bonds is 5. The van der Waals surface area contributed by atoms with Crippen LogP contribution < -0.4 is 4.90 Å². The van der Waals surface area contributed by atoms with Crippen molar-refractivity contribution in [2.24, 2.45) is 5.41 Å². The van der Waals surface area contributed by atoms with Crippen molar-refractivity contribution in [2.45, 2.75) is 77.2 Å². The summed E-state index contributed by atoms with van der Waals surface area (Å²) in [6.07, 6.45) is -3.63. The third kappa shape index (κ3) is 5.28. The van der Waals surface area contributed by atoms with Crippen molar-refractivity contribution in [2.75, 3.05) is 37.6 Å². The number of piperidine rings is 1. The Balaban J connectivity index is 1.44. The second-order valence-electron chi connectivity index (χ2n) is 11.0. The van der Waals surface area contributed by atoms with Gasteiger partial charge in [0, 0.05) is 44.0 Å². The van der Waals surface area contributed by atoms with E-state index in [9.17, 15) is 27.9 Å². The molecule has 1 aromatic rings. The molecule has 0 aromatic heterocycles. The van der Waals surface area contributed by atoms with Gasteiger partial charge in [-0.3, -0.25) is 9.69 Å². The maximum Gasteiger partial charge on any atom is 0.425 e. The van der Waals surface area contributed by atoms with Gasteiger partial charge in [0.2, 0.25) is 0 Å². The number of carboxylic acids is 1. The SMILES string of the molecule is Cc1ccc(CN2CCCC23CCN(C(=O)OC(C)C(F)(F)F)CC3)c(N2CCC(C)(C(=O)O)C2)c1. The van der Waals surface area contributed by atoms with Crippen molar-refractivity contribution in [1.82, 2.24) is 9.80 Å². The van der Waals surface area contributed by atoms with Crippen LogP contribution in [-0.4, -0.2) is 77.5 Å². The van der Waals surface area contributed by atoms with Gasteiger partial charge in [-0.25, -0.2) is 4.79 Å². The van der Waals surface area contributed by atoms with Gasteiger partial charge in [0.15, 0.2) is 6.10 Å². The zero-order valence-electron chi connectivity index (χ0n) is 21.2. The van der Waals surface area contributed by atoms with Gasteiger partial charge in [-0.1, -0.05) is 12.1 Å². The molecule has 10 heteroatoms. The van der Waals surface area contributed by atoms with Gasteiger partial charge in [-0.05, 0) is 76.6 Å². The number of anilines is 1. The van der Waals surface area contributed by atoms with Gasteiger partial charge in [-0.2, -0.15) is 13.2 Å². The van der Waals surface area contributed by atoms with E-state index < -0.39 is 29.8 Å². The number of aryl methyl sites for hydroxylation is 1. The first-order chi connectivity index (χ1) is 16.8. The summed E-state index contributed by atoms with van der Waals surface area (Å²) in [4.78, 5) is 30.1. The van der Waals surface area contributed by atoms with E-state index in [1.807, 2.05) is 6.92 Å². The second kappa shape index (κ2) is 9.76. The number of ether oxygens (including phenoxy) is 1. The number of likely N-dealkylation sites (tertiary alicyclic amines) is 2. The van der Waals surface area contributed by atoms with Crippen LogP contribution in [0.3, 0.4) is 0 Å². The number of hydrogen-bond acceptors (Lipinski definition) is 5. The van der Waals surface area contributed by atoms with Crippen molar-refractivity contribution in [3.05, 3.63) is 29.3 Å². The molecule has 1 spiro atoms. The van der Waals surface area contributed by atoms with Crippen molar-refractivity contribution < 1.29 is 32.6 Å². The number of nitrogens with zero attached hydrogens (tertiary/aromatic N) is 3. The Morgan fingerprint density at radius 1 is 1.11 bits per heavy atom. The zero-order chi connectivity index (χ0) is 26.3. The summed E-state index contributed by atoms with van der Waals surface area (Å²) in [5.74, 6) is -0.771. The number of benzene rings is 1. The molecule has 3 fully saturated rings. The minimum atomic E-state index is -4.57. The molecule has 0 aliphatic carbocycles. The van der Waals surface area contributed by atoms with Crippen molar-refractivity contribution >= 4 is 17.7 Å². The quantitative estimate of drug-likeness (QED) is 0.612. The third-order valence-corrected chi connectivity index (χ3v) is 8.36. The number of carbonyl (C=O) groups excluding carboxylic acids is 1. The summed E-state index contributed by atoms with van der Waals surface area (Å²) in [6.45, 7) is 8.20. The number of carboxylic acid groups (broad SMARTS) is 1. The Labute approximate surface area is 210 Å². The Morgan fingerprint density at radius 2 is 1.81 bits per heavy atom. The van der Waals surface area contributed by atoms with Crippen LogP contribution in [0.15, 0.2) is 18.2 Å². The van der Waals surface area contributed by atoms with Gasteiger partial charge >= 0.3 is 18.2 Å². The number of hydrogen-bond donors (Lipinski definition) is 1. The molecule has 3 saturated heterocycles. The number of aliphatic carboxylic acids is 1. The lowest BCUT2D eigenvalue weighted by atomic mass is 9.84. The van der Waals surface area contributed by atoms with Crippen molar-refractivity contribution in [3.63, 3.8) is 0 Å². The largest absolute Gasteiger partial charge is 0.481 e. The standard InChI is InChI=1S/C26H36F3N3O4/c1-18-5-6-20(21(15-18)31-12-8-24(3,17-31)22(33)34)16-32-11-4-7-25(32)9-13-30(14-10-25)23(35)36-19(2)26(27,28)29/h5-6,15,19H,4,7-14,16-17H2,1-3H3,(H,33,34). The number of alkyl halides is 3. The van der Waals surface area contributed by atoms with E-state index in [0.717, 1.165) is 43.1 Å². The summed E-state index contributed by atoms with van der Waals surface area (Å²) >= 11 is 0. The first kappa shape index (κ1) is 26.6. The lowest BCUT2D eigenvalue weighted by molar-refractivity contribution is -0.200. The van der Waals surface area contributed by atoms with Crippen LogP contribution in [0.1, 0.15) is 57.1 Å². The molecule has 0 radical (unpaired) electrons. The molecule has 0 bridgehead atoms. The van der Waals surface area contributed by atoms with Crippen LogP contribution in [-0.2, 0) is 16.1 Å². The first-order valence-electron chi connectivity index (χ1n) is 12.7. The predicted molar refractivity (Wildman–Crippen MR) is 129 cm³/mol.